The van der Waals surface area contributed by atoms with Crippen LogP contribution in [0, 0.1) is 0 Å². The van der Waals surface area contributed by atoms with Crippen molar-refractivity contribution < 1.29 is 4.57 Å². The lowest BCUT2D eigenvalue weighted by molar-refractivity contribution is 0.592. The predicted octanol–water partition coefficient (Wildman–Crippen LogP) is 7.33. The predicted molar refractivity (Wildman–Crippen MR) is 154 cm³/mol. The number of pyridine rings is 1. The van der Waals surface area contributed by atoms with Gasteiger partial charge in [0, 0.05) is 37.5 Å². The average molecular weight is 480 g/mol. The van der Waals surface area contributed by atoms with Crippen LogP contribution in [0.25, 0.3) is 43.4 Å². The molecule has 1 heterocycles. The topological polar surface area (TPSA) is 30.0 Å². The minimum absolute atomic E-state index is 0.834. The molecule has 1 aromatic heterocycles. The summed E-state index contributed by atoms with van der Waals surface area (Å²) in [6.45, 7) is 0. The molecule has 0 saturated heterocycles. The van der Waals surface area contributed by atoms with Crippen LogP contribution in [0.3, 0.4) is 0 Å². The van der Waals surface area contributed by atoms with E-state index >= 15 is 4.57 Å². The van der Waals surface area contributed by atoms with E-state index in [1.54, 1.807) is 0 Å². The van der Waals surface area contributed by atoms with E-state index in [1.807, 2.05) is 72.8 Å². The van der Waals surface area contributed by atoms with Crippen molar-refractivity contribution in [2.24, 2.45) is 0 Å². The maximum Gasteiger partial charge on any atom is 0.171 e. The van der Waals surface area contributed by atoms with Crippen molar-refractivity contribution in [3.8, 4) is 0 Å². The first-order valence-corrected chi connectivity index (χ1v) is 13.8. The van der Waals surface area contributed by atoms with Crippen molar-refractivity contribution >= 4 is 66.4 Å². The van der Waals surface area contributed by atoms with Gasteiger partial charge in [0.15, 0.2) is 7.14 Å². The zero-order valence-electron chi connectivity index (χ0n) is 19.5. The summed E-state index contributed by atoms with van der Waals surface area (Å²) in [7, 11) is -3.15. The number of aromatic nitrogens is 1. The molecule has 3 heteroatoms. The molecule has 0 aliphatic heterocycles. The van der Waals surface area contributed by atoms with Crippen LogP contribution in [-0.2, 0) is 4.57 Å². The minimum atomic E-state index is -3.15. The van der Waals surface area contributed by atoms with Gasteiger partial charge < -0.3 is 4.57 Å². The standard InChI is InChI=1S/C33H22NOP/c35-36(26-12-3-1-4-13-26,27-14-5-2-6-15-27)31-22-25-21-24-20-19-23-11-7-8-16-28(23)32(24)34-33(25)30-18-10-9-17-29(30)31/h1-22H. The summed E-state index contributed by atoms with van der Waals surface area (Å²) >= 11 is 0. The van der Waals surface area contributed by atoms with Crippen LogP contribution in [0.1, 0.15) is 0 Å². The smallest absolute Gasteiger partial charge is 0.171 e. The molecule has 7 aromatic rings. The summed E-state index contributed by atoms with van der Waals surface area (Å²) in [5, 5.41) is 8.92. The molecule has 7 rings (SSSR count). The summed E-state index contributed by atoms with van der Waals surface area (Å²) in [5.74, 6) is 0. The van der Waals surface area contributed by atoms with E-state index in [1.165, 1.54) is 5.39 Å². The Morgan fingerprint density at radius 3 is 1.67 bits per heavy atom. The molecule has 0 fully saturated rings. The Morgan fingerprint density at radius 1 is 0.444 bits per heavy atom. The van der Waals surface area contributed by atoms with Crippen molar-refractivity contribution in [1.29, 1.82) is 0 Å². The first-order chi connectivity index (χ1) is 17.7. The van der Waals surface area contributed by atoms with Crippen LogP contribution in [-0.4, -0.2) is 4.98 Å². The van der Waals surface area contributed by atoms with Crippen LogP contribution in [0.15, 0.2) is 133 Å². The van der Waals surface area contributed by atoms with Gasteiger partial charge in [-0.2, -0.15) is 0 Å². The highest BCUT2D eigenvalue weighted by molar-refractivity contribution is 7.85. The van der Waals surface area contributed by atoms with E-state index in [0.717, 1.165) is 53.9 Å². The SMILES string of the molecule is O=P(c1ccccc1)(c1ccccc1)c1cc2cc3ccc4ccccc4c3nc2c2ccccc12. The highest BCUT2D eigenvalue weighted by atomic mass is 31.2. The lowest BCUT2D eigenvalue weighted by Crippen LogP contribution is -2.25. The van der Waals surface area contributed by atoms with Crippen molar-refractivity contribution in [3.05, 3.63) is 133 Å². The molecule has 0 N–H and O–H groups in total. The number of rotatable bonds is 3. The quantitative estimate of drug-likeness (QED) is 0.151. The molecule has 6 aromatic carbocycles. The summed E-state index contributed by atoms with van der Waals surface area (Å²) in [4.78, 5) is 5.21. The van der Waals surface area contributed by atoms with Gasteiger partial charge in [-0.3, -0.25) is 0 Å². The van der Waals surface area contributed by atoms with Crippen LogP contribution < -0.4 is 15.9 Å². The second kappa shape index (κ2) is 8.16. The lowest BCUT2D eigenvalue weighted by atomic mass is 10.0. The Morgan fingerprint density at radius 2 is 0.972 bits per heavy atom. The zero-order chi connectivity index (χ0) is 24.1. The Kier molecular flexibility index (Phi) is 4.77. The van der Waals surface area contributed by atoms with Gasteiger partial charge in [-0.25, -0.2) is 4.98 Å². The van der Waals surface area contributed by atoms with Gasteiger partial charge in [0.25, 0.3) is 0 Å². The fourth-order valence-corrected chi connectivity index (χ4v) is 8.25. The molecule has 0 saturated carbocycles. The molecule has 0 bridgehead atoms. The number of benzene rings is 6. The molecule has 0 amide bonds. The Labute approximate surface area is 209 Å². The second-order valence-corrected chi connectivity index (χ2v) is 11.9. The van der Waals surface area contributed by atoms with Gasteiger partial charge in [-0.05, 0) is 22.9 Å². The van der Waals surface area contributed by atoms with Gasteiger partial charge >= 0.3 is 0 Å². The minimum Gasteiger partial charge on any atom is -0.309 e. The summed E-state index contributed by atoms with van der Waals surface area (Å²) in [6.07, 6.45) is 0. The summed E-state index contributed by atoms with van der Waals surface area (Å²) < 4.78 is 15.3. The molecule has 0 aliphatic carbocycles. The normalized spacial score (nSPS) is 12.0. The van der Waals surface area contributed by atoms with E-state index in [4.69, 9.17) is 4.98 Å². The molecule has 0 spiro atoms. The third-order valence-corrected chi connectivity index (χ3v) is 10.2. The largest absolute Gasteiger partial charge is 0.309 e. The highest BCUT2D eigenvalue weighted by Gasteiger charge is 2.32. The van der Waals surface area contributed by atoms with E-state index in [2.05, 4.69) is 60.7 Å². The van der Waals surface area contributed by atoms with Gasteiger partial charge in [0.2, 0.25) is 0 Å². The highest BCUT2D eigenvalue weighted by Crippen LogP contribution is 2.45. The van der Waals surface area contributed by atoms with Crippen molar-refractivity contribution in [1.82, 2.24) is 4.98 Å². The first kappa shape index (κ1) is 21.1. The third kappa shape index (κ3) is 3.12. The Bertz CT molecular complexity index is 1920. The first-order valence-electron chi connectivity index (χ1n) is 12.1. The average Bonchev–Trinajstić information content (AvgIpc) is 2.96. The molecule has 0 unspecified atom stereocenters. The van der Waals surface area contributed by atoms with E-state index < -0.39 is 7.14 Å². The van der Waals surface area contributed by atoms with Gasteiger partial charge in [-0.1, -0.05) is 121 Å². The van der Waals surface area contributed by atoms with Crippen LogP contribution in [0.2, 0.25) is 0 Å². The summed E-state index contributed by atoms with van der Waals surface area (Å²) in [6, 6.07) is 44.9. The number of hydrogen-bond acceptors (Lipinski definition) is 2. The fraction of sp³-hybridized carbons (Fsp3) is 0. The monoisotopic (exact) mass is 479 g/mol. The Hall–Kier alpha value is -4.26. The second-order valence-electron chi connectivity index (χ2n) is 9.14. The van der Waals surface area contributed by atoms with Crippen molar-refractivity contribution in [2.75, 3.05) is 0 Å². The Balaban J connectivity index is 1.63. The lowest BCUT2D eigenvalue weighted by Gasteiger charge is -2.22. The van der Waals surface area contributed by atoms with Crippen LogP contribution in [0.4, 0.5) is 0 Å². The number of fused-ring (bicyclic) bond motifs is 6. The third-order valence-electron chi connectivity index (χ3n) is 7.07. The van der Waals surface area contributed by atoms with E-state index in [-0.39, 0.29) is 0 Å². The number of nitrogens with zero attached hydrogens (tertiary/aromatic N) is 1. The van der Waals surface area contributed by atoms with Crippen molar-refractivity contribution in [2.45, 2.75) is 0 Å². The fourth-order valence-electron chi connectivity index (χ4n) is 5.35. The summed E-state index contributed by atoms with van der Waals surface area (Å²) in [5.41, 5.74) is 1.93. The van der Waals surface area contributed by atoms with Crippen molar-refractivity contribution in [3.63, 3.8) is 0 Å². The zero-order valence-corrected chi connectivity index (χ0v) is 20.4. The molecule has 2 nitrogen and oxygen atoms in total. The van der Waals surface area contributed by atoms with Gasteiger partial charge in [-0.15, -0.1) is 0 Å². The molecule has 0 aliphatic rings. The molecule has 36 heavy (non-hydrogen) atoms. The maximum absolute atomic E-state index is 15.3. The molecule has 0 radical (unpaired) electrons. The molecular weight excluding hydrogens is 457 g/mol. The van der Waals surface area contributed by atoms with E-state index in [0.29, 0.717) is 0 Å². The van der Waals surface area contributed by atoms with E-state index in [9.17, 15) is 0 Å². The maximum atomic E-state index is 15.3. The molecule has 0 atom stereocenters. The van der Waals surface area contributed by atoms with Gasteiger partial charge in [0.05, 0.1) is 11.0 Å². The van der Waals surface area contributed by atoms with Gasteiger partial charge in [0.1, 0.15) is 0 Å². The number of hydrogen-bond donors (Lipinski definition) is 0. The molecular formula is C33H22NOP. The molecule has 170 valence electrons. The van der Waals surface area contributed by atoms with Crippen LogP contribution >= 0.6 is 7.14 Å². The van der Waals surface area contributed by atoms with Crippen LogP contribution in [0.5, 0.6) is 0 Å².